The lowest BCUT2D eigenvalue weighted by molar-refractivity contribution is -0.127. The largest absolute Gasteiger partial charge is 0.350 e. The molecule has 25 heavy (non-hydrogen) atoms. The summed E-state index contributed by atoms with van der Waals surface area (Å²) < 4.78 is 27.7. The van der Waals surface area contributed by atoms with Crippen molar-refractivity contribution in [2.75, 3.05) is 26.2 Å². The number of hydrogen-bond donors (Lipinski definition) is 2. The molecule has 0 aromatic heterocycles. The predicted octanol–water partition coefficient (Wildman–Crippen LogP) is 2.05. The van der Waals surface area contributed by atoms with Crippen LogP contribution in [0, 0.1) is 12.7 Å². The van der Waals surface area contributed by atoms with E-state index in [0.29, 0.717) is 18.7 Å². The molecule has 2 atom stereocenters. The third kappa shape index (κ3) is 6.42. The number of nitrogens with one attached hydrogen (secondary N) is 2. The first-order chi connectivity index (χ1) is 11.8. The van der Waals surface area contributed by atoms with Gasteiger partial charge >= 0.3 is 0 Å². The van der Waals surface area contributed by atoms with E-state index < -0.39 is 29.8 Å². The number of rotatable bonds is 9. The summed E-state index contributed by atoms with van der Waals surface area (Å²) in [5.41, 5.74) is 0.503. The highest BCUT2D eigenvalue weighted by molar-refractivity contribution is 5.95. The van der Waals surface area contributed by atoms with Crippen molar-refractivity contribution < 1.29 is 18.4 Å². The molecule has 7 heteroatoms. The number of amides is 2. The van der Waals surface area contributed by atoms with Gasteiger partial charge in [0.25, 0.3) is 11.8 Å². The average Bonchev–Trinajstić information content (AvgIpc) is 2.57. The van der Waals surface area contributed by atoms with Gasteiger partial charge in [0, 0.05) is 19.1 Å². The molecule has 0 fully saturated rings. The Morgan fingerprint density at radius 1 is 1.24 bits per heavy atom. The maximum atomic E-state index is 14.0. The lowest BCUT2D eigenvalue weighted by atomic mass is 10.1. The lowest BCUT2D eigenvalue weighted by Crippen LogP contribution is -2.47. The third-order valence-corrected chi connectivity index (χ3v) is 4.00. The summed E-state index contributed by atoms with van der Waals surface area (Å²) >= 11 is 0. The van der Waals surface area contributed by atoms with Crippen molar-refractivity contribution in [3.05, 3.63) is 35.1 Å². The summed E-state index contributed by atoms with van der Waals surface area (Å²) in [6, 6.07) is 3.91. The maximum Gasteiger partial charge on any atom is 0.256 e. The summed E-state index contributed by atoms with van der Waals surface area (Å²) in [5.74, 6) is -1.87. The molecule has 0 bridgehead atoms. The van der Waals surface area contributed by atoms with E-state index in [1.807, 2.05) is 18.7 Å². The summed E-state index contributed by atoms with van der Waals surface area (Å²) in [6.07, 6.45) is -1.63. The van der Waals surface area contributed by atoms with Gasteiger partial charge in [-0.3, -0.25) is 9.59 Å². The van der Waals surface area contributed by atoms with Crippen molar-refractivity contribution >= 4 is 11.8 Å². The fraction of sp³-hybridized carbons (Fsp3) is 0.556. The van der Waals surface area contributed by atoms with E-state index in [1.165, 1.54) is 12.1 Å². The van der Waals surface area contributed by atoms with Crippen LogP contribution in [0.2, 0.25) is 0 Å². The minimum atomic E-state index is -1.63. The first-order valence-electron chi connectivity index (χ1n) is 8.50. The number of aryl methyl sites for hydroxylation is 1. The zero-order valence-electron chi connectivity index (χ0n) is 15.2. The molecule has 0 radical (unpaired) electrons. The second-order valence-electron chi connectivity index (χ2n) is 6.00. The van der Waals surface area contributed by atoms with Crippen molar-refractivity contribution in [2.24, 2.45) is 0 Å². The second kappa shape index (κ2) is 10.1. The molecule has 2 unspecified atom stereocenters. The van der Waals surface area contributed by atoms with Crippen LogP contribution in [0.15, 0.2) is 18.2 Å². The van der Waals surface area contributed by atoms with Gasteiger partial charge in [0.15, 0.2) is 6.17 Å². The first kappa shape index (κ1) is 21.0. The Morgan fingerprint density at radius 2 is 1.88 bits per heavy atom. The van der Waals surface area contributed by atoms with Gasteiger partial charge in [0.2, 0.25) is 0 Å². The summed E-state index contributed by atoms with van der Waals surface area (Å²) in [7, 11) is 0. The van der Waals surface area contributed by atoms with E-state index in [0.717, 1.165) is 0 Å². The SMILES string of the molecule is CCN(CC)CC(F)C(=O)NC(C)CNC(=O)c1c(C)cccc1F. The van der Waals surface area contributed by atoms with Crippen molar-refractivity contribution in [1.29, 1.82) is 0 Å². The van der Waals surface area contributed by atoms with Crippen LogP contribution < -0.4 is 10.6 Å². The maximum absolute atomic E-state index is 14.0. The van der Waals surface area contributed by atoms with Crippen molar-refractivity contribution in [2.45, 2.75) is 39.9 Å². The van der Waals surface area contributed by atoms with Crippen LogP contribution in [0.4, 0.5) is 8.78 Å². The molecular formula is C18H27F2N3O2. The van der Waals surface area contributed by atoms with Crippen LogP contribution in [0.3, 0.4) is 0 Å². The van der Waals surface area contributed by atoms with Crippen molar-refractivity contribution in [3.8, 4) is 0 Å². The van der Waals surface area contributed by atoms with Crippen LogP contribution in [-0.2, 0) is 4.79 Å². The molecule has 0 heterocycles. The van der Waals surface area contributed by atoms with Gasteiger partial charge in [0.1, 0.15) is 5.82 Å². The van der Waals surface area contributed by atoms with Gasteiger partial charge in [0.05, 0.1) is 5.56 Å². The number of nitrogens with zero attached hydrogens (tertiary/aromatic N) is 1. The fourth-order valence-corrected chi connectivity index (χ4v) is 2.43. The molecule has 1 rings (SSSR count). The Labute approximate surface area is 147 Å². The van der Waals surface area contributed by atoms with Crippen LogP contribution >= 0.6 is 0 Å². The molecular weight excluding hydrogens is 328 g/mol. The summed E-state index contributed by atoms with van der Waals surface area (Å²) in [6.45, 7) is 8.53. The van der Waals surface area contributed by atoms with E-state index in [9.17, 15) is 18.4 Å². The number of carbonyl (C=O) groups excluding carboxylic acids is 2. The zero-order valence-corrected chi connectivity index (χ0v) is 15.2. The van der Waals surface area contributed by atoms with E-state index in [2.05, 4.69) is 10.6 Å². The lowest BCUT2D eigenvalue weighted by Gasteiger charge is -2.22. The topological polar surface area (TPSA) is 61.4 Å². The fourth-order valence-electron chi connectivity index (χ4n) is 2.43. The Kier molecular flexibility index (Phi) is 8.48. The van der Waals surface area contributed by atoms with Crippen LogP contribution in [0.1, 0.15) is 36.7 Å². The molecule has 0 saturated carbocycles. The Hall–Kier alpha value is -2.02. The highest BCUT2D eigenvalue weighted by Crippen LogP contribution is 2.12. The van der Waals surface area contributed by atoms with Crippen molar-refractivity contribution in [3.63, 3.8) is 0 Å². The number of carbonyl (C=O) groups is 2. The molecule has 0 aliphatic rings. The summed E-state index contributed by atoms with van der Waals surface area (Å²) in [4.78, 5) is 25.8. The zero-order chi connectivity index (χ0) is 19.0. The summed E-state index contributed by atoms with van der Waals surface area (Å²) in [5, 5.41) is 5.08. The average molecular weight is 355 g/mol. The highest BCUT2D eigenvalue weighted by Gasteiger charge is 2.22. The minimum absolute atomic E-state index is 0.0223. The highest BCUT2D eigenvalue weighted by atomic mass is 19.1. The minimum Gasteiger partial charge on any atom is -0.350 e. The molecule has 0 saturated heterocycles. The van der Waals surface area contributed by atoms with Gasteiger partial charge in [-0.15, -0.1) is 0 Å². The molecule has 2 N–H and O–H groups in total. The normalized spacial score (nSPS) is 13.4. The van der Waals surface area contributed by atoms with Gasteiger partial charge in [-0.05, 0) is 38.6 Å². The monoisotopic (exact) mass is 355 g/mol. The molecule has 140 valence electrons. The number of alkyl halides is 1. The van der Waals surface area contributed by atoms with Crippen LogP contribution in [0.5, 0.6) is 0 Å². The quantitative estimate of drug-likeness (QED) is 0.713. The number of hydrogen-bond acceptors (Lipinski definition) is 3. The van der Waals surface area contributed by atoms with Gasteiger partial charge in [-0.25, -0.2) is 8.78 Å². The van der Waals surface area contributed by atoms with Gasteiger partial charge < -0.3 is 15.5 Å². The second-order valence-corrected chi connectivity index (χ2v) is 6.00. The van der Waals surface area contributed by atoms with E-state index in [-0.39, 0.29) is 18.7 Å². The molecule has 5 nitrogen and oxygen atoms in total. The molecule has 0 aliphatic heterocycles. The van der Waals surface area contributed by atoms with E-state index >= 15 is 0 Å². The number of benzene rings is 1. The number of halogens is 2. The van der Waals surface area contributed by atoms with E-state index in [4.69, 9.17) is 0 Å². The van der Waals surface area contributed by atoms with Gasteiger partial charge in [-0.2, -0.15) is 0 Å². The Bertz CT molecular complexity index is 571. The first-order valence-corrected chi connectivity index (χ1v) is 8.50. The Balaban J connectivity index is 2.50. The molecule has 0 aliphatic carbocycles. The standard InChI is InChI=1S/C18H27F2N3O2/c1-5-23(6-2)11-15(20)17(24)22-13(4)10-21-18(25)16-12(3)8-7-9-14(16)19/h7-9,13,15H,5-6,10-11H2,1-4H3,(H,21,25)(H,22,24). The molecule has 1 aromatic carbocycles. The molecule has 1 aromatic rings. The Morgan fingerprint density at radius 3 is 2.44 bits per heavy atom. The van der Waals surface area contributed by atoms with Gasteiger partial charge in [-0.1, -0.05) is 26.0 Å². The smallest absolute Gasteiger partial charge is 0.256 e. The van der Waals surface area contributed by atoms with Crippen molar-refractivity contribution in [1.82, 2.24) is 15.5 Å². The van der Waals surface area contributed by atoms with Crippen LogP contribution in [0.25, 0.3) is 0 Å². The molecule has 2 amide bonds. The van der Waals surface area contributed by atoms with E-state index in [1.54, 1.807) is 19.9 Å². The molecule has 0 spiro atoms. The third-order valence-electron chi connectivity index (χ3n) is 4.00. The van der Waals surface area contributed by atoms with Crippen LogP contribution in [-0.4, -0.2) is 55.1 Å². The predicted molar refractivity (Wildman–Crippen MR) is 93.8 cm³/mol.